The topological polar surface area (TPSA) is 47.9 Å². The Morgan fingerprint density at radius 3 is 2.33 bits per heavy atom. The second-order valence-corrected chi connectivity index (χ2v) is 12.5. The molecule has 1 aliphatic rings. The maximum Gasteiger partial charge on any atom is 0.192 e. The van der Waals surface area contributed by atoms with Gasteiger partial charge in [-0.3, -0.25) is 0 Å². The van der Waals surface area contributed by atoms with E-state index >= 15 is 0 Å². The van der Waals surface area contributed by atoms with Gasteiger partial charge >= 0.3 is 0 Å². The summed E-state index contributed by atoms with van der Waals surface area (Å²) in [5, 5.41) is 10.6. The van der Waals surface area contributed by atoms with Gasteiger partial charge in [-0.2, -0.15) is 0 Å². The number of hydrogen-bond donors (Lipinski definition) is 1. The molecular formula is C16H32O4Si. The molecule has 0 aromatic rings. The van der Waals surface area contributed by atoms with Gasteiger partial charge in [-0.25, -0.2) is 0 Å². The minimum absolute atomic E-state index is 0.127. The summed E-state index contributed by atoms with van der Waals surface area (Å²) in [4.78, 5) is 0. The Bertz CT molecular complexity index is 371. The molecule has 1 rings (SSSR count). The van der Waals surface area contributed by atoms with Gasteiger partial charge in [0, 0.05) is 0 Å². The van der Waals surface area contributed by atoms with Crippen molar-refractivity contribution in [3.8, 4) is 0 Å². The van der Waals surface area contributed by atoms with Crippen LogP contribution in [0.15, 0.2) is 12.2 Å². The average Bonchev–Trinajstić information content (AvgIpc) is 2.60. The highest BCUT2D eigenvalue weighted by molar-refractivity contribution is 6.74. The fourth-order valence-electron chi connectivity index (χ4n) is 2.06. The van der Waals surface area contributed by atoms with E-state index in [0.29, 0.717) is 0 Å². The summed E-state index contributed by atoms with van der Waals surface area (Å²) in [7, 11) is -1.87. The highest BCUT2D eigenvalue weighted by Gasteiger charge is 2.45. The number of aliphatic hydroxyl groups is 1. The first-order chi connectivity index (χ1) is 9.39. The Kier molecular flexibility index (Phi) is 5.84. The minimum Gasteiger partial charge on any atom is -0.414 e. The van der Waals surface area contributed by atoms with Crippen molar-refractivity contribution in [3.63, 3.8) is 0 Å². The van der Waals surface area contributed by atoms with Crippen molar-refractivity contribution in [2.45, 2.75) is 83.8 Å². The van der Waals surface area contributed by atoms with Crippen LogP contribution in [0.25, 0.3) is 0 Å². The SMILES string of the molecule is C/C=C/[C@@H]1OC(C)(C)O[C@H]1[C@H](O)CO[Si](C)(C)C(C)(C)C. The van der Waals surface area contributed by atoms with E-state index in [2.05, 4.69) is 33.9 Å². The Morgan fingerprint density at radius 1 is 1.29 bits per heavy atom. The summed E-state index contributed by atoms with van der Waals surface area (Å²) in [6.07, 6.45) is 2.53. The van der Waals surface area contributed by atoms with E-state index in [0.717, 1.165) is 0 Å². The maximum absolute atomic E-state index is 10.5. The second-order valence-electron chi connectivity index (χ2n) is 7.73. The number of allylic oxidation sites excluding steroid dienone is 1. The molecule has 0 unspecified atom stereocenters. The molecule has 0 aromatic heterocycles. The zero-order valence-electron chi connectivity index (χ0n) is 14.8. The van der Waals surface area contributed by atoms with E-state index in [-0.39, 0.29) is 23.9 Å². The minimum atomic E-state index is -1.87. The number of hydrogen-bond acceptors (Lipinski definition) is 4. The van der Waals surface area contributed by atoms with Gasteiger partial charge in [0.15, 0.2) is 14.1 Å². The monoisotopic (exact) mass is 316 g/mol. The van der Waals surface area contributed by atoms with Gasteiger partial charge < -0.3 is 19.0 Å². The van der Waals surface area contributed by atoms with Gasteiger partial charge in [-0.1, -0.05) is 32.9 Å². The zero-order chi connectivity index (χ0) is 16.5. The lowest BCUT2D eigenvalue weighted by Crippen LogP contribution is -2.46. The maximum atomic E-state index is 10.5. The van der Waals surface area contributed by atoms with Crippen molar-refractivity contribution in [3.05, 3.63) is 12.2 Å². The Labute approximate surface area is 130 Å². The Hall–Kier alpha value is -0.203. The molecule has 0 spiro atoms. The molecule has 21 heavy (non-hydrogen) atoms. The first-order valence-electron chi connectivity index (χ1n) is 7.70. The van der Waals surface area contributed by atoms with Crippen LogP contribution in [-0.4, -0.2) is 44.1 Å². The molecule has 0 saturated carbocycles. The first-order valence-corrected chi connectivity index (χ1v) is 10.6. The van der Waals surface area contributed by atoms with Crippen molar-refractivity contribution in [1.29, 1.82) is 0 Å². The van der Waals surface area contributed by atoms with Gasteiger partial charge in [-0.05, 0) is 38.9 Å². The van der Waals surface area contributed by atoms with Crippen LogP contribution < -0.4 is 0 Å². The molecule has 1 saturated heterocycles. The normalized spacial score (nSPS) is 28.2. The molecule has 1 aliphatic heterocycles. The number of rotatable bonds is 5. The third kappa shape index (κ3) is 4.89. The van der Waals surface area contributed by atoms with Crippen LogP contribution in [-0.2, 0) is 13.9 Å². The third-order valence-electron chi connectivity index (χ3n) is 4.35. The average molecular weight is 317 g/mol. The van der Waals surface area contributed by atoms with E-state index in [4.69, 9.17) is 13.9 Å². The smallest absolute Gasteiger partial charge is 0.192 e. The van der Waals surface area contributed by atoms with E-state index in [1.165, 1.54) is 0 Å². The lowest BCUT2D eigenvalue weighted by Gasteiger charge is -2.37. The molecule has 3 atom stereocenters. The fraction of sp³-hybridized carbons (Fsp3) is 0.875. The molecule has 1 N–H and O–H groups in total. The zero-order valence-corrected chi connectivity index (χ0v) is 15.8. The fourth-order valence-corrected chi connectivity index (χ4v) is 3.08. The van der Waals surface area contributed by atoms with E-state index in [1.807, 2.05) is 32.9 Å². The van der Waals surface area contributed by atoms with Gasteiger partial charge in [0.2, 0.25) is 0 Å². The van der Waals surface area contributed by atoms with Gasteiger partial charge in [0.25, 0.3) is 0 Å². The van der Waals surface area contributed by atoms with E-state index < -0.39 is 20.2 Å². The van der Waals surface area contributed by atoms with Crippen LogP contribution in [0.1, 0.15) is 41.5 Å². The molecule has 5 heteroatoms. The van der Waals surface area contributed by atoms with Gasteiger partial charge in [-0.15, -0.1) is 0 Å². The molecule has 0 amide bonds. The largest absolute Gasteiger partial charge is 0.414 e. The van der Waals surface area contributed by atoms with Crippen LogP contribution in [0.2, 0.25) is 18.1 Å². The molecule has 0 aliphatic carbocycles. The number of ether oxygens (including phenoxy) is 2. The van der Waals surface area contributed by atoms with Crippen LogP contribution >= 0.6 is 0 Å². The summed E-state index contributed by atoms with van der Waals surface area (Å²) >= 11 is 0. The predicted molar refractivity (Wildman–Crippen MR) is 87.8 cm³/mol. The molecule has 0 bridgehead atoms. The third-order valence-corrected chi connectivity index (χ3v) is 8.85. The first kappa shape index (κ1) is 18.8. The summed E-state index contributed by atoms with van der Waals surface area (Å²) in [6, 6.07) is 0. The molecule has 1 heterocycles. The number of aliphatic hydroxyl groups excluding tert-OH is 1. The quantitative estimate of drug-likeness (QED) is 0.623. The Morgan fingerprint density at radius 2 is 1.86 bits per heavy atom. The van der Waals surface area contributed by atoms with Crippen molar-refractivity contribution in [1.82, 2.24) is 0 Å². The molecule has 4 nitrogen and oxygen atoms in total. The van der Waals surface area contributed by atoms with Crippen LogP contribution in [0.3, 0.4) is 0 Å². The van der Waals surface area contributed by atoms with Crippen molar-refractivity contribution in [2.24, 2.45) is 0 Å². The van der Waals surface area contributed by atoms with Crippen molar-refractivity contribution >= 4 is 8.32 Å². The summed E-state index contributed by atoms with van der Waals surface area (Å²) < 4.78 is 17.7. The Balaban J connectivity index is 2.68. The lowest BCUT2D eigenvalue weighted by molar-refractivity contribution is -0.155. The van der Waals surface area contributed by atoms with Gasteiger partial charge in [0.1, 0.15) is 18.3 Å². The van der Waals surface area contributed by atoms with Crippen molar-refractivity contribution in [2.75, 3.05) is 6.61 Å². The highest BCUT2D eigenvalue weighted by Crippen LogP contribution is 2.37. The summed E-state index contributed by atoms with van der Waals surface area (Å²) in [5.74, 6) is -0.674. The summed E-state index contributed by atoms with van der Waals surface area (Å²) in [6.45, 7) is 16.9. The standard InChI is InChI=1S/C16H32O4Si/c1-9-10-13-14(20-16(5,6)19-13)12(17)11-18-21(7,8)15(2,3)4/h9-10,12-14,17H,11H2,1-8H3/b10-9+/t12-,13+,14+/m1/s1. The molecular weight excluding hydrogens is 284 g/mol. The highest BCUT2D eigenvalue weighted by atomic mass is 28.4. The molecule has 0 radical (unpaired) electrons. The summed E-state index contributed by atoms with van der Waals surface area (Å²) in [5.41, 5.74) is 0. The van der Waals surface area contributed by atoms with Crippen LogP contribution in [0.5, 0.6) is 0 Å². The van der Waals surface area contributed by atoms with Crippen LogP contribution in [0.4, 0.5) is 0 Å². The van der Waals surface area contributed by atoms with E-state index in [1.54, 1.807) is 0 Å². The lowest BCUT2D eigenvalue weighted by atomic mass is 10.1. The molecule has 124 valence electrons. The predicted octanol–water partition coefficient (Wildman–Crippen LogP) is 3.47. The molecule has 1 fully saturated rings. The van der Waals surface area contributed by atoms with Crippen molar-refractivity contribution < 1.29 is 19.0 Å². The van der Waals surface area contributed by atoms with Crippen LogP contribution in [0, 0.1) is 0 Å². The van der Waals surface area contributed by atoms with E-state index in [9.17, 15) is 5.11 Å². The van der Waals surface area contributed by atoms with Gasteiger partial charge in [0.05, 0.1) is 6.61 Å². The molecule has 0 aromatic carbocycles. The second kappa shape index (κ2) is 6.50.